The number of hydrogen-bond donors (Lipinski definition) is 6. The SMILES string of the molecule is N=C(N)SN(C(=O)O)C(=O)CCC(=O)N(SC(=N)N)C(=O)O. The second-order valence-corrected chi connectivity index (χ2v) is 5.33. The molecule has 8 N–H and O–H groups in total. The minimum atomic E-state index is -1.69. The van der Waals surface area contributed by atoms with E-state index in [0.29, 0.717) is 0 Å². The maximum atomic E-state index is 11.6. The van der Waals surface area contributed by atoms with Crippen molar-refractivity contribution >= 4 is 58.2 Å². The quantitative estimate of drug-likeness (QED) is 0.224. The van der Waals surface area contributed by atoms with Crippen LogP contribution in [0.15, 0.2) is 0 Å². The van der Waals surface area contributed by atoms with E-state index in [1.807, 2.05) is 0 Å². The third-order valence-electron chi connectivity index (χ3n) is 1.73. The molecule has 4 amide bonds. The summed E-state index contributed by atoms with van der Waals surface area (Å²) in [4.78, 5) is 44.8. The second-order valence-electron chi connectivity index (χ2n) is 3.35. The molecule has 0 fully saturated rings. The largest absolute Gasteiger partial charge is 0.464 e. The fourth-order valence-electron chi connectivity index (χ4n) is 1.01. The molecule has 0 aromatic rings. The first-order chi connectivity index (χ1) is 10.1. The van der Waals surface area contributed by atoms with E-state index in [0.717, 1.165) is 0 Å². The summed E-state index contributed by atoms with van der Waals surface area (Å²) in [7, 11) is 0. The van der Waals surface area contributed by atoms with Gasteiger partial charge >= 0.3 is 12.2 Å². The van der Waals surface area contributed by atoms with Crippen LogP contribution in [0, 0.1) is 10.8 Å². The molecule has 14 heteroatoms. The maximum Gasteiger partial charge on any atom is 0.424 e. The monoisotopic (exact) mass is 352 g/mol. The van der Waals surface area contributed by atoms with Crippen LogP contribution in [0.3, 0.4) is 0 Å². The Labute approximate surface area is 132 Å². The zero-order chi connectivity index (χ0) is 17.4. The molecule has 0 aromatic carbocycles. The normalized spacial score (nSPS) is 9.64. The summed E-state index contributed by atoms with van der Waals surface area (Å²) in [6.07, 6.45) is -4.64. The molecule has 122 valence electrons. The predicted molar refractivity (Wildman–Crippen MR) is 78.0 cm³/mol. The molecule has 0 rings (SSSR count). The van der Waals surface area contributed by atoms with E-state index in [1.165, 1.54) is 0 Å². The van der Waals surface area contributed by atoms with Gasteiger partial charge in [0, 0.05) is 36.7 Å². The summed E-state index contributed by atoms with van der Waals surface area (Å²) in [5.74, 6) is -2.11. The Morgan fingerprint density at radius 2 is 1.09 bits per heavy atom. The van der Waals surface area contributed by atoms with E-state index < -0.39 is 47.2 Å². The molecule has 0 unspecified atom stereocenters. The molecule has 0 aliphatic carbocycles. The first-order valence-corrected chi connectivity index (χ1v) is 6.76. The topological polar surface area (TPSA) is 215 Å². The molecular formula is C8H12N6O6S2. The molecule has 0 atom stereocenters. The fraction of sp³-hybridized carbons (Fsp3) is 0.250. The third kappa shape index (κ3) is 6.80. The Kier molecular flexibility index (Phi) is 7.74. The highest BCUT2D eigenvalue weighted by molar-refractivity contribution is 8.12. The third-order valence-corrected chi connectivity index (χ3v) is 3.21. The lowest BCUT2D eigenvalue weighted by atomic mass is 10.3. The van der Waals surface area contributed by atoms with E-state index in [4.69, 9.17) is 32.5 Å². The van der Waals surface area contributed by atoms with Gasteiger partial charge in [0.05, 0.1) is 0 Å². The molecular weight excluding hydrogens is 340 g/mol. The average molecular weight is 352 g/mol. The summed E-state index contributed by atoms with van der Waals surface area (Å²) in [6.45, 7) is 0. The predicted octanol–water partition coefficient (Wildman–Crippen LogP) is -0.137. The average Bonchev–Trinajstić information content (AvgIpc) is 2.38. The van der Waals surface area contributed by atoms with Gasteiger partial charge in [-0.2, -0.15) is 8.61 Å². The van der Waals surface area contributed by atoms with Crippen molar-refractivity contribution in [3.63, 3.8) is 0 Å². The highest BCUT2D eigenvalue weighted by atomic mass is 32.2. The lowest BCUT2D eigenvalue weighted by Crippen LogP contribution is -2.35. The van der Waals surface area contributed by atoms with Crippen LogP contribution in [0.4, 0.5) is 9.59 Å². The Morgan fingerprint density at radius 3 is 1.27 bits per heavy atom. The zero-order valence-corrected chi connectivity index (χ0v) is 12.4. The number of rotatable bonds is 3. The van der Waals surface area contributed by atoms with Crippen LogP contribution in [0.25, 0.3) is 0 Å². The van der Waals surface area contributed by atoms with E-state index in [1.54, 1.807) is 0 Å². The molecule has 0 saturated heterocycles. The molecule has 0 aliphatic rings. The van der Waals surface area contributed by atoms with Crippen LogP contribution in [-0.2, 0) is 9.59 Å². The van der Waals surface area contributed by atoms with E-state index >= 15 is 0 Å². The van der Waals surface area contributed by atoms with Gasteiger partial charge in [0.2, 0.25) is 11.8 Å². The molecule has 0 saturated carbocycles. The van der Waals surface area contributed by atoms with Gasteiger partial charge in [-0.1, -0.05) is 0 Å². The van der Waals surface area contributed by atoms with Crippen LogP contribution in [0.1, 0.15) is 12.8 Å². The van der Waals surface area contributed by atoms with Gasteiger partial charge in [0.15, 0.2) is 10.3 Å². The maximum absolute atomic E-state index is 11.6. The molecule has 12 nitrogen and oxygen atoms in total. The van der Waals surface area contributed by atoms with Gasteiger partial charge in [0.25, 0.3) is 0 Å². The van der Waals surface area contributed by atoms with Crippen molar-refractivity contribution in [2.24, 2.45) is 11.5 Å². The van der Waals surface area contributed by atoms with Gasteiger partial charge in [-0.3, -0.25) is 20.4 Å². The molecule has 0 spiro atoms. The number of carbonyl (C=O) groups excluding carboxylic acids is 2. The van der Waals surface area contributed by atoms with Crippen molar-refractivity contribution in [3.05, 3.63) is 0 Å². The number of amidine groups is 2. The summed E-state index contributed by atoms with van der Waals surface area (Å²) >= 11 is 0.275. The van der Waals surface area contributed by atoms with Crippen molar-refractivity contribution in [1.29, 1.82) is 10.8 Å². The summed E-state index contributed by atoms with van der Waals surface area (Å²) in [6, 6.07) is 0. The lowest BCUT2D eigenvalue weighted by Gasteiger charge is -2.16. The molecule has 22 heavy (non-hydrogen) atoms. The highest BCUT2D eigenvalue weighted by Crippen LogP contribution is 2.16. The van der Waals surface area contributed by atoms with Crippen molar-refractivity contribution < 1.29 is 29.4 Å². The van der Waals surface area contributed by atoms with E-state index in [-0.39, 0.29) is 32.5 Å². The van der Waals surface area contributed by atoms with Crippen molar-refractivity contribution in [2.45, 2.75) is 12.8 Å². The van der Waals surface area contributed by atoms with Gasteiger partial charge < -0.3 is 21.7 Å². The van der Waals surface area contributed by atoms with Crippen LogP contribution >= 0.6 is 23.9 Å². The number of nitrogens with zero attached hydrogens (tertiary/aromatic N) is 2. The Bertz CT molecular complexity index is 479. The van der Waals surface area contributed by atoms with E-state index in [2.05, 4.69) is 0 Å². The zero-order valence-electron chi connectivity index (χ0n) is 10.8. The number of carbonyl (C=O) groups is 4. The van der Waals surface area contributed by atoms with Crippen molar-refractivity contribution in [2.75, 3.05) is 0 Å². The molecule has 0 bridgehead atoms. The summed E-state index contributed by atoms with van der Waals surface area (Å²) in [5, 5.41) is 30.1. The van der Waals surface area contributed by atoms with E-state index in [9.17, 15) is 19.2 Å². The highest BCUT2D eigenvalue weighted by Gasteiger charge is 2.27. The Hall–Kier alpha value is -2.48. The fourth-order valence-corrected chi connectivity index (χ4v) is 1.94. The molecule has 0 radical (unpaired) electrons. The minimum absolute atomic E-state index is 0.138. The van der Waals surface area contributed by atoms with Crippen LogP contribution in [-0.4, -0.2) is 53.2 Å². The number of hydrogen-bond acceptors (Lipinski definition) is 8. The molecule has 0 aromatic heterocycles. The van der Waals surface area contributed by atoms with Gasteiger partial charge in [-0.05, 0) is 0 Å². The first kappa shape index (κ1) is 19.5. The standard InChI is InChI=1S/C8H12N6O6S2/c9-5(10)21-13(7(17)18)3(15)1-2-4(16)14(8(19)20)22-6(11)12/h1-2H2,(H3,9,10)(H3,11,12)(H,17,18)(H,19,20). The van der Waals surface area contributed by atoms with Crippen molar-refractivity contribution in [3.8, 4) is 0 Å². The molecule has 0 aliphatic heterocycles. The Morgan fingerprint density at radius 1 is 0.818 bits per heavy atom. The molecule has 0 heterocycles. The number of nitrogens with two attached hydrogens (primary N) is 2. The Balaban J connectivity index is 4.75. The van der Waals surface area contributed by atoms with Gasteiger partial charge in [0.1, 0.15) is 0 Å². The van der Waals surface area contributed by atoms with Crippen LogP contribution < -0.4 is 11.5 Å². The number of amides is 4. The first-order valence-electron chi connectivity index (χ1n) is 5.22. The number of carboxylic acid groups (broad SMARTS) is 2. The van der Waals surface area contributed by atoms with Crippen molar-refractivity contribution in [1.82, 2.24) is 8.61 Å². The minimum Gasteiger partial charge on any atom is -0.464 e. The smallest absolute Gasteiger partial charge is 0.424 e. The van der Waals surface area contributed by atoms with Crippen LogP contribution in [0.2, 0.25) is 0 Å². The van der Waals surface area contributed by atoms with Gasteiger partial charge in [-0.15, -0.1) is 0 Å². The second kappa shape index (κ2) is 8.73. The number of imide groups is 2. The lowest BCUT2D eigenvalue weighted by molar-refractivity contribution is -0.130. The van der Waals surface area contributed by atoms with Crippen LogP contribution in [0.5, 0.6) is 0 Å². The van der Waals surface area contributed by atoms with Gasteiger partial charge in [-0.25, -0.2) is 9.59 Å². The number of nitrogens with one attached hydrogen (secondary N) is 2. The summed E-state index contributed by atoms with van der Waals surface area (Å²) in [5.41, 5.74) is 9.93. The summed E-state index contributed by atoms with van der Waals surface area (Å²) < 4.78 is 0.303.